The van der Waals surface area contributed by atoms with E-state index in [0.717, 1.165) is 26.9 Å². The molecule has 0 fully saturated rings. The number of nitrogens with two attached hydrogens (primary N) is 1. The molecule has 0 saturated carbocycles. The molecule has 0 amide bonds. The summed E-state index contributed by atoms with van der Waals surface area (Å²) in [6, 6.07) is 10.5. The highest BCUT2D eigenvalue weighted by molar-refractivity contribution is 9.10. The van der Waals surface area contributed by atoms with Crippen LogP contribution in [0.15, 0.2) is 40.9 Å². The summed E-state index contributed by atoms with van der Waals surface area (Å²) in [5, 5.41) is 0. The van der Waals surface area contributed by atoms with Crippen LogP contribution in [0.5, 0.6) is 0 Å². The van der Waals surface area contributed by atoms with Crippen molar-refractivity contribution in [2.75, 3.05) is 5.73 Å². The Hall–Kier alpha value is -1.88. The van der Waals surface area contributed by atoms with Gasteiger partial charge in [-0.2, -0.15) is 0 Å². The molecule has 3 rings (SSSR count). The number of benzene rings is 2. The van der Waals surface area contributed by atoms with Crippen molar-refractivity contribution in [2.45, 2.75) is 19.9 Å². The largest absolute Gasteiger partial charge is 0.398 e. The minimum atomic E-state index is -0.255. The van der Waals surface area contributed by atoms with E-state index in [1.165, 1.54) is 12.1 Å². The van der Waals surface area contributed by atoms with Crippen molar-refractivity contribution in [1.82, 2.24) is 9.55 Å². The number of anilines is 1. The van der Waals surface area contributed by atoms with Crippen molar-refractivity contribution in [3.05, 3.63) is 46.7 Å². The lowest BCUT2D eigenvalue weighted by atomic mass is 10.2. The van der Waals surface area contributed by atoms with Gasteiger partial charge in [0.2, 0.25) is 0 Å². The van der Waals surface area contributed by atoms with Gasteiger partial charge in [-0.1, -0.05) is 0 Å². The molecule has 5 heteroatoms. The number of aromatic nitrogens is 2. The first kappa shape index (κ1) is 14.1. The highest BCUT2D eigenvalue weighted by Gasteiger charge is 2.16. The molecule has 0 unspecified atom stereocenters. The van der Waals surface area contributed by atoms with Crippen molar-refractivity contribution in [3.63, 3.8) is 0 Å². The maximum Gasteiger partial charge on any atom is 0.141 e. The molecule has 0 bridgehead atoms. The smallest absolute Gasteiger partial charge is 0.141 e. The van der Waals surface area contributed by atoms with Gasteiger partial charge in [0.25, 0.3) is 0 Å². The van der Waals surface area contributed by atoms with Crippen LogP contribution in [0, 0.1) is 5.82 Å². The van der Waals surface area contributed by atoms with Crippen LogP contribution in [0.4, 0.5) is 10.1 Å². The van der Waals surface area contributed by atoms with Crippen LogP contribution in [0.3, 0.4) is 0 Å². The first-order chi connectivity index (χ1) is 9.97. The monoisotopic (exact) mass is 347 g/mol. The standard InChI is InChI=1S/C16H15BrFN3/c1-9(2)21-15-8-11(18)4-6-14(15)20-16(21)10-3-5-13(19)12(17)7-10/h3-9H,19H2,1-2H3. The summed E-state index contributed by atoms with van der Waals surface area (Å²) < 4.78 is 16.4. The number of hydrogen-bond donors (Lipinski definition) is 1. The van der Waals surface area contributed by atoms with E-state index in [4.69, 9.17) is 5.73 Å². The lowest BCUT2D eigenvalue weighted by Gasteiger charge is -2.13. The number of imidazole rings is 1. The fraction of sp³-hybridized carbons (Fsp3) is 0.188. The second-order valence-corrected chi connectivity index (χ2v) is 6.12. The normalized spacial score (nSPS) is 11.5. The number of halogens is 2. The molecule has 1 heterocycles. The van der Waals surface area contributed by atoms with Gasteiger partial charge in [-0.15, -0.1) is 0 Å². The summed E-state index contributed by atoms with van der Waals surface area (Å²) in [7, 11) is 0. The quantitative estimate of drug-likeness (QED) is 0.678. The van der Waals surface area contributed by atoms with Crippen molar-refractivity contribution in [1.29, 1.82) is 0 Å². The molecule has 0 spiro atoms. The number of nitrogens with zero attached hydrogens (tertiary/aromatic N) is 2. The van der Waals surface area contributed by atoms with Crippen LogP contribution in [-0.2, 0) is 0 Å². The molecule has 21 heavy (non-hydrogen) atoms. The average Bonchev–Trinajstić information content (AvgIpc) is 2.80. The van der Waals surface area contributed by atoms with Gasteiger partial charge in [0, 0.05) is 21.8 Å². The molecule has 2 aromatic carbocycles. The molecule has 0 aliphatic heterocycles. The Labute approximate surface area is 130 Å². The van der Waals surface area contributed by atoms with Crippen LogP contribution in [0.2, 0.25) is 0 Å². The minimum absolute atomic E-state index is 0.170. The summed E-state index contributed by atoms with van der Waals surface area (Å²) in [4.78, 5) is 4.65. The predicted octanol–water partition coefficient (Wildman–Crippen LogP) is 4.77. The predicted molar refractivity (Wildman–Crippen MR) is 87.6 cm³/mol. The molecule has 3 nitrogen and oxygen atoms in total. The van der Waals surface area contributed by atoms with E-state index in [1.807, 2.05) is 22.8 Å². The van der Waals surface area contributed by atoms with Crippen molar-refractivity contribution in [2.24, 2.45) is 0 Å². The highest BCUT2D eigenvalue weighted by Crippen LogP contribution is 2.31. The fourth-order valence-corrected chi connectivity index (χ4v) is 2.84. The molecule has 108 valence electrons. The summed E-state index contributed by atoms with van der Waals surface area (Å²) in [5.41, 5.74) is 9.04. The van der Waals surface area contributed by atoms with E-state index >= 15 is 0 Å². The fourth-order valence-electron chi connectivity index (χ4n) is 2.46. The number of fused-ring (bicyclic) bond motifs is 1. The Morgan fingerprint density at radius 3 is 2.62 bits per heavy atom. The summed E-state index contributed by atoms with van der Waals surface area (Å²) in [6.45, 7) is 4.11. The average molecular weight is 348 g/mol. The SMILES string of the molecule is CC(C)n1c(-c2ccc(N)c(Br)c2)nc2ccc(F)cc21. The zero-order valence-electron chi connectivity index (χ0n) is 11.8. The number of nitrogen functional groups attached to an aromatic ring is 1. The van der Waals surface area contributed by atoms with Gasteiger partial charge in [-0.3, -0.25) is 0 Å². The van der Waals surface area contributed by atoms with Crippen LogP contribution >= 0.6 is 15.9 Å². The van der Waals surface area contributed by atoms with E-state index < -0.39 is 0 Å². The van der Waals surface area contributed by atoms with Gasteiger partial charge in [-0.25, -0.2) is 9.37 Å². The van der Waals surface area contributed by atoms with Crippen LogP contribution in [0.1, 0.15) is 19.9 Å². The first-order valence-corrected chi connectivity index (χ1v) is 7.49. The van der Waals surface area contributed by atoms with Crippen LogP contribution in [0.25, 0.3) is 22.4 Å². The Bertz CT molecular complexity index is 824. The van der Waals surface area contributed by atoms with Gasteiger partial charge in [0.15, 0.2) is 0 Å². The van der Waals surface area contributed by atoms with Crippen LogP contribution in [-0.4, -0.2) is 9.55 Å². The minimum Gasteiger partial charge on any atom is -0.398 e. The van der Waals surface area contributed by atoms with Crippen molar-refractivity contribution >= 4 is 32.7 Å². The van der Waals surface area contributed by atoms with E-state index in [2.05, 4.69) is 34.8 Å². The molecule has 0 saturated heterocycles. The second kappa shape index (κ2) is 5.15. The summed E-state index contributed by atoms with van der Waals surface area (Å²) in [6.07, 6.45) is 0. The van der Waals surface area contributed by atoms with E-state index in [-0.39, 0.29) is 11.9 Å². The Kier molecular flexibility index (Phi) is 3.45. The zero-order chi connectivity index (χ0) is 15.1. The van der Waals surface area contributed by atoms with Gasteiger partial charge >= 0.3 is 0 Å². The van der Waals surface area contributed by atoms with Crippen molar-refractivity contribution < 1.29 is 4.39 Å². The van der Waals surface area contributed by atoms with Crippen molar-refractivity contribution in [3.8, 4) is 11.4 Å². The molecule has 1 aromatic heterocycles. The first-order valence-electron chi connectivity index (χ1n) is 6.70. The third-order valence-electron chi connectivity index (χ3n) is 3.43. The molecule has 2 N–H and O–H groups in total. The summed E-state index contributed by atoms with van der Waals surface area (Å²) >= 11 is 3.44. The highest BCUT2D eigenvalue weighted by atomic mass is 79.9. The molecule has 0 aliphatic carbocycles. The molecule has 3 aromatic rings. The van der Waals surface area contributed by atoms with Crippen LogP contribution < -0.4 is 5.73 Å². The maximum absolute atomic E-state index is 13.5. The van der Waals surface area contributed by atoms with E-state index in [1.54, 1.807) is 6.07 Å². The molecule has 0 atom stereocenters. The Morgan fingerprint density at radius 2 is 1.95 bits per heavy atom. The van der Waals surface area contributed by atoms with Gasteiger partial charge in [0.1, 0.15) is 11.6 Å². The molecular weight excluding hydrogens is 333 g/mol. The van der Waals surface area contributed by atoms with Gasteiger partial charge in [-0.05, 0) is 66.2 Å². The Morgan fingerprint density at radius 1 is 1.19 bits per heavy atom. The topological polar surface area (TPSA) is 43.8 Å². The van der Waals surface area contributed by atoms with E-state index in [0.29, 0.717) is 5.69 Å². The Balaban J connectivity index is 2.30. The third kappa shape index (κ3) is 2.42. The lowest BCUT2D eigenvalue weighted by Crippen LogP contribution is -2.03. The summed E-state index contributed by atoms with van der Waals surface area (Å²) in [5.74, 6) is 0.556. The molecular formula is C16H15BrFN3. The zero-order valence-corrected chi connectivity index (χ0v) is 13.4. The lowest BCUT2D eigenvalue weighted by molar-refractivity contribution is 0.613. The maximum atomic E-state index is 13.5. The third-order valence-corrected chi connectivity index (χ3v) is 4.11. The van der Waals surface area contributed by atoms with Gasteiger partial charge < -0.3 is 10.3 Å². The molecule has 0 radical (unpaired) electrons. The second-order valence-electron chi connectivity index (χ2n) is 5.27. The van der Waals surface area contributed by atoms with Gasteiger partial charge in [0.05, 0.1) is 11.0 Å². The number of rotatable bonds is 2. The molecule has 0 aliphatic rings. The van der Waals surface area contributed by atoms with E-state index in [9.17, 15) is 4.39 Å². The number of hydrogen-bond acceptors (Lipinski definition) is 2.